The summed E-state index contributed by atoms with van der Waals surface area (Å²) in [5.74, 6) is 0.753. The first-order chi connectivity index (χ1) is 15.1. The highest BCUT2D eigenvalue weighted by molar-refractivity contribution is 6.02. The van der Waals surface area contributed by atoms with E-state index in [0.717, 1.165) is 69.0 Å². The number of rotatable bonds is 5. The van der Waals surface area contributed by atoms with Crippen LogP contribution in [-0.4, -0.2) is 42.9 Å². The maximum atomic E-state index is 13.4. The average Bonchev–Trinajstić information content (AvgIpc) is 2.80. The van der Waals surface area contributed by atoms with Crippen LogP contribution in [0.2, 0.25) is 0 Å². The van der Waals surface area contributed by atoms with Gasteiger partial charge in [0.2, 0.25) is 5.91 Å². The maximum Gasteiger partial charge on any atom is 0.256 e. The number of carbonyl (C=O) groups excluding carboxylic acids is 2. The quantitative estimate of drug-likeness (QED) is 0.762. The van der Waals surface area contributed by atoms with Crippen LogP contribution < -0.4 is 10.2 Å². The van der Waals surface area contributed by atoms with E-state index in [-0.39, 0.29) is 11.8 Å². The van der Waals surface area contributed by atoms with Gasteiger partial charge in [0, 0.05) is 37.6 Å². The summed E-state index contributed by atoms with van der Waals surface area (Å²) in [5.41, 5.74) is 3.39. The van der Waals surface area contributed by atoms with Gasteiger partial charge >= 0.3 is 0 Å². The number of amides is 2. The summed E-state index contributed by atoms with van der Waals surface area (Å²) in [5, 5.41) is 3.00. The zero-order valence-electron chi connectivity index (χ0n) is 18.5. The molecule has 2 aliphatic heterocycles. The average molecular weight is 420 g/mol. The van der Waals surface area contributed by atoms with Crippen molar-refractivity contribution < 1.29 is 9.59 Å². The normalized spacial score (nSPS) is 17.5. The molecular weight excluding hydrogens is 386 g/mol. The van der Waals surface area contributed by atoms with Gasteiger partial charge in [-0.3, -0.25) is 9.59 Å². The van der Waals surface area contributed by atoms with Gasteiger partial charge < -0.3 is 15.1 Å². The fourth-order valence-corrected chi connectivity index (χ4v) is 4.56. The summed E-state index contributed by atoms with van der Waals surface area (Å²) in [6.45, 7) is 5.88. The zero-order valence-corrected chi connectivity index (χ0v) is 18.5. The third kappa shape index (κ3) is 5.46. The van der Waals surface area contributed by atoms with Crippen molar-refractivity contribution in [2.75, 3.05) is 36.4 Å². The van der Waals surface area contributed by atoms with Gasteiger partial charge in [0.25, 0.3) is 5.91 Å². The van der Waals surface area contributed by atoms with E-state index in [9.17, 15) is 9.59 Å². The molecule has 5 nitrogen and oxygen atoms in total. The lowest BCUT2D eigenvalue weighted by Crippen LogP contribution is -2.38. The zero-order chi connectivity index (χ0) is 21.6. The molecule has 0 spiro atoms. The molecule has 0 atom stereocenters. The highest BCUT2D eigenvalue weighted by Gasteiger charge is 2.25. The van der Waals surface area contributed by atoms with Crippen LogP contribution in [0.25, 0.3) is 0 Å². The van der Waals surface area contributed by atoms with Gasteiger partial charge in [-0.2, -0.15) is 0 Å². The number of anilines is 2. The highest BCUT2D eigenvalue weighted by Crippen LogP contribution is 2.30. The van der Waals surface area contributed by atoms with E-state index in [1.54, 1.807) is 0 Å². The molecule has 2 heterocycles. The molecule has 31 heavy (non-hydrogen) atoms. The maximum absolute atomic E-state index is 13.4. The van der Waals surface area contributed by atoms with Crippen LogP contribution in [0, 0.1) is 5.92 Å². The fourth-order valence-electron chi connectivity index (χ4n) is 4.56. The summed E-state index contributed by atoms with van der Waals surface area (Å²) >= 11 is 0. The Morgan fingerprint density at radius 1 is 0.935 bits per heavy atom. The number of carbonyl (C=O) groups is 2. The van der Waals surface area contributed by atoms with Crippen molar-refractivity contribution in [3.8, 4) is 0 Å². The third-order valence-electron chi connectivity index (χ3n) is 6.49. The summed E-state index contributed by atoms with van der Waals surface area (Å²) < 4.78 is 0. The molecule has 2 aromatic rings. The predicted octanol–water partition coefficient (Wildman–Crippen LogP) is 4.73. The molecule has 0 unspecified atom stereocenters. The van der Waals surface area contributed by atoms with Crippen LogP contribution in [0.1, 0.15) is 54.9 Å². The van der Waals surface area contributed by atoms with Crippen LogP contribution >= 0.6 is 0 Å². The SMILES string of the molecule is CC1CCN(c2ccc(NC(=O)Cc3ccccc3)cc2C(=O)N2CCCCC2)CC1. The van der Waals surface area contributed by atoms with Crippen molar-refractivity contribution in [1.29, 1.82) is 0 Å². The molecule has 0 saturated carbocycles. The number of hydrogen-bond donors (Lipinski definition) is 1. The first kappa shape index (κ1) is 21.4. The number of likely N-dealkylation sites (tertiary alicyclic amines) is 1. The lowest BCUT2D eigenvalue weighted by Gasteiger charge is -2.35. The molecule has 2 aromatic carbocycles. The van der Waals surface area contributed by atoms with Crippen molar-refractivity contribution in [2.24, 2.45) is 5.92 Å². The van der Waals surface area contributed by atoms with Gasteiger partial charge in [0.1, 0.15) is 0 Å². The number of hydrogen-bond acceptors (Lipinski definition) is 3. The Bertz CT molecular complexity index is 898. The molecule has 4 rings (SSSR count). The molecule has 2 amide bonds. The molecule has 1 N–H and O–H groups in total. The van der Waals surface area contributed by atoms with Gasteiger partial charge in [-0.1, -0.05) is 37.3 Å². The van der Waals surface area contributed by atoms with Crippen LogP contribution in [0.3, 0.4) is 0 Å². The first-order valence-electron chi connectivity index (χ1n) is 11.6. The number of piperidine rings is 2. The second-order valence-electron chi connectivity index (χ2n) is 8.96. The molecule has 0 bridgehead atoms. The number of nitrogens with one attached hydrogen (secondary N) is 1. The topological polar surface area (TPSA) is 52.7 Å². The van der Waals surface area contributed by atoms with Gasteiger partial charge in [-0.05, 0) is 61.8 Å². The Hall–Kier alpha value is -2.82. The standard InChI is InChI=1S/C26H33N3O2/c1-20-12-16-28(17-13-20)24-11-10-22(27-25(30)18-21-8-4-2-5-9-21)19-23(24)26(31)29-14-6-3-7-15-29/h2,4-5,8-11,19-20H,3,6-7,12-18H2,1H3,(H,27,30). The van der Waals surface area contributed by atoms with Crippen LogP contribution in [0.15, 0.2) is 48.5 Å². The molecule has 2 saturated heterocycles. The summed E-state index contributed by atoms with van der Waals surface area (Å²) in [6.07, 6.45) is 5.93. The van der Waals surface area contributed by atoms with Gasteiger partial charge in [-0.15, -0.1) is 0 Å². The first-order valence-corrected chi connectivity index (χ1v) is 11.6. The Morgan fingerprint density at radius 3 is 2.35 bits per heavy atom. The van der Waals surface area contributed by atoms with E-state index in [1.807, 2.05) is 53.4 Å². The minimum atomic E-state index is -0.0675. The largest absolute Gasteiger partial charge is 0.371 e. The van der Waals surface area contributed by atoms with E-state index in [1.165, 1.54) is 6.42 Å². The van der Waals surface area contributed by atoms with E-state index in [0.29, 0.717) is 17.7 Å². The van der Waals surface area contributed by atoms with E-state index in [2.05, 4.69) is 17.1 Å². The Labute approximate surface area is 185 Å². The Kier molecular flexibility index (Phi) is 6.90. The van der Waals surface area contributed by atoms with Crippen molar-refractivity contribution in [2.45, 2.75) is 45.4 Å². The smallest absolute Gasteiger partial charge is 0.256 e. The third-order valence-corrected chi connectivity index (χ3v) is 6.49. The molecule has 164 valence electrons. The van der Waals surface area contributed by atoms with Gasteiger partial charge in [0.15, 0.2) is 0 Å². The monoisotopic (exact) mass is 419 g/mol. The fraction of sp³-hybridized carbons (Fsp3) is 0.462. The van der Waals surface area contributed by atoms with Crippen LogP contribution in [0.5, 0.6) is 0 Å². The molecular formula is C26H33N3O2. The van der Waals surface area contributed by atoms with E-state index in [4.69, 9.17) is 0 Å². The second kappa shape index (κ2) is 9.99. The molecule has 2 fully saturated rings. The minimum absolute atomic E-state index is 0.0675. The lowest BCUT2D eigenvalue weighted by atomic mass is 9.97. The van der Waals surface area contributed by atoms with Crippen LogP contribution in [0.4, 0.5) is 11.4 Å². The van der Waals surface area contributed by atoms with Crippen molar-refractivity contribution >= 4 is 23.2 Å². The molecule has 0 aliphatic carbocycles. The summed E-state index contributed by atoms with van der Waals surface area (Å²) in [7, 11) is 0. The molecule has 5 heteroatoms. The summed E-state index contributed by atoms with van der Waals surface area (Å²) in [6, 6.07) is 15.6. The Balaban J connectivity index is 1.55. The van der Waals surface area contributed by atoms with Crippen molar-refractivity contribution in [3.05, 3.63) is 59.7 Å². The second-order valence-corrected chi connectivity index (χ2v) is 8.96. The Morgan fingerprint density at radius 2 is 1.65 bits per heavy atom. The van der Waals surface area contributed by atoms with E-state index >= 15 is 0 Å². The van der Waals surface area contributed by atoms with Gasteiger partial charge in [0.05, 0.1) is 12.0 Å². The van der Waals surface area contributed by atoms with E-state index < -0.39 is 0 Å². The summed E-state index contributed by atoms with van der Waals surface area (Å²) in [4.78, 5) is 30.3. The van der Waals surface area contributed by atoms with Crippen molar-refractivity contribution in [3.63, 3.8) is 0 Å². The molecule has 0 aromatic heterocycles. The van der Waals surface area contributed by atoms with Gasteiger partial charge in [-0.25, -0.2) is 0 Å². The molecule has 0 radical (unpaired) electrons. The molecule has 2 aliphatic rings. The predicted molar refractivity (Wildman–Crippen MR) is 126 cm³/mol. The highest BCUT2D eigenvalue weighted by atomic mass is 16.2. The minimum Gasteiger partial charge on any atom is -0.371 e. The van der Waals surface area contributed by atoms with Crippen molar-refractivity contribution in [1.82, 2.24) is 4.90 Å². The number of benzene rings is 2. The number of nitrogens with zero attached hydrogens (tertiary/aromatic N) is 2. The van der Waals surface area contributed by atoms with Crippen LogP contribution in [-0.2, 0) is 11.2 Å². The lowest BCUT2D eigenvalue weighted by molar-refractivity contribution is -0.115.